The highest BCUT2D eigenvalue weighted by Gasteiger charge is 2.26. The highest BCUT2D eigenvalue weighted by atomic mass is 35.5. The predicted molar refractivity (Wildman–Crippen MR) is 162 cm³/mol. The van der Waals surface area contributed by atoms with Gasteiger partial charge in [-0.3, -0.25) is 14.5 Å². The first-order valence-electron chi connectivity index (χ1n) is 13.2. The molecule has 0 aliphatic carbocycles. The molecule has 0 aromatic heterocycles. The van der Waals surface area contributed by atoms with E-state index in [4.69, 9.17) is 33.7 Å². The smallest absolute Gasteiger partial charge is 0.242 e. The Kier molecular flexibility index (Phi) is 10.4. The lowest BCUT2D eigenvalue weighted by atomic mass is 9.99. The minimum absolute atomic E-state index is 0.0677. The van der Waals surface area contributed by atoms with Gasteiger partial charge < -0.3 is 25.6 Å². The van der Waals surface area contributed by atoms with E-state index in [9.17, 15) is 9.59 Å². The monoisotopic (exact) mass is 583 g/mol. The zero-order valence-corrected chi connectivity index (χ0v) is 24.3. The van der Waals surface area contributed by atoms with E-state index in [1.54, 1.807) is 28.0 Å². The van der Waals surface area contributed by atoms with Gasteiger partial charge in [-0.05, 0) is 47.0 Å². The van der Waals surface area contributed by atoms with Crippen molar-refractivity contribution in [2.24, 2.45) is 5.73 Å². The Labute approximate surface area is 245 Å². The molecule has 1 heterocycles. The lowest BCUT2D eigenvalue weighted by molar-refractivity contribution is -0.131. The highest BCUT2D eigenvalue weighted by Crippen LogP contribution is 2.29. The van der Waals surface area contributed by atoms with E-state index in [0.717, 1.165) is 41.2 Å². The van der Waals surface area contributed by atoms with Crippen molar-refractivity contribution in [2.75, 3.05) is 63.3 Å². The second-order valence-electron chi connectivity index (χ2n) is 9.80. The Morgan fingerprint density at radius 2 is 1.73 bits per heavy atom. The van der Waals surface area contributed by atoms with Crippen molar-refractivity contribution in [3.63, 3.8) is 0 Å². The summed E-state index contributed by atoms with van der Waals surface area (Å²) in [4.78, 5) is 31.0. The fraction of sp³-hybridized carbons (Fsp3) is 0.333. The van der Waals surface area contributed by atoms with E-state index >= 15 is 0 Å². The zero-order chi connectivity index (χ0) is 28.6. The van der Waals surface area contributed by atoms with Gasteiger partial charge >= 0.3 is 0 Å². The summed E-state index contributed by atoms with van der Waals surface area (Å²) in [5.74, 6) is -0.180. The number of rotatable bonds is 10. The van der Waals surface area contributed by atoms with E-state index in [-0.39, 0.29) is 31.1 Å². The summed E-state index contributed by atoms with van der Waals surface area (Å²) in [6.07, 6.45) is 0. The lowest BCUT2D eigenvalue weighted by Crippen LogP contribution is -2.47. The first-order valence-corrected chi connectivity index (χ1v) is 13.9. The van der Waals surface area contributed by atoms with Crippen LogP contribution in [0.5, 0.6) is 0 Å². The number of nitrogens with one attached hydrogen (secondary N) is 1. The Bertz CT molecular complexity index is 1310. The van der Waals surface area contributed by atoms with Gasteiger partial charge in [-0.15, -0.1) is 0 Å². The van der Waals surface area contributed by atoms with Crippen LogP contribution in [0.25, 0.3) is 11.1 Å². The molecule has 40 heavy (non-hydrogen) atoms. The Morgan fingerprint density at radius 1 is 1.00 bits per heavy atom. The van der Waals surface area contributed by atoms with Gasteiger partial charge in [0.2, 0.25) is 11.8 Å². The van der Waals surface area contributed by atoms with Gasteiger partial charge in [0, 0.05) is 45.0 Å². The number of morpholine rings is 1. The molecule has 1 atom stereocenters. The van der Waals surface area contributed by atoms with Crippen LogP contribution in [0.2, 0.25) is 10.0 Å². The van der Waals surface area contributed by atoms with Gasteiger partial charge in [-0.2, -0.15) is 0 Å². The van der Waals surface area contributed by atoms with Crippen LogP contribution in [0.3, 0.4) is 0 Å². The molecule has 8 nitrogen and oxygen atoms in total. The number of nitrogens with zero attached hydrogens (tertiary/aromatic N) is 3. The maximum absolute atomic E-state index is 13.6. The minimum Gasteiger partial charge on any atom is -0.379 e. The van der Waals surface area contributed by atoms with Crippen LogP contribution in [0.15, 0.2) is 66.7 Å². The van der Waals surface area contributed by atoms with Gasteiger partial charge in [0.15, 0.2) is 0 Å². The van der Waals surface area contributed by atoms with Crippen LogP contribution in [0.1, 0.15) is 18.5 Å². The number of likely N-dealkylation sites (N-methyl/N-ethyl adjacent to an activating group) is 1. The van der Waals surface area contributed by atoms with Crippen molar-refractivity contribution in [1.29, 1.82) is 0 Å². The topological polar surface area (TPSA) is 91.1 Å². The molecule has 3 aromatic rings. The summed E-state index contributed by atoms with van der Waals surface area (Å²) in [7, 11) is 1.84. The average Bonchev–Trinajstić information content (AvgIpc) is 2.96. The van der Waals surface area contributed by atoms with Gasteiger partial charge in [0.25, 0.3) is 0 Å². The third-order valence-electron chi connectivity index (χ3n) is 7.02. The normalized spacial score (nSPS) is 14.4. The van der Waals surface area contributed by atoms with Gasteiger partial charge in [-0.1, -0.05) is 59.6 Å². The highest BCUT2D eigenvalue weighted by molar-refractivity contribution is 6.42. The molecule has 0 bridgehead atoms. The number of carbonyl (C=O) groups excluding carboxylic acids is 2. The fourth-order valence-corrected chi connectivity index (χ4v) is 5.04. The van der Waals surface area contributed by atoms with Crippen molar-refractivity contribution in [3.8, 4) is 11.1 Å². The number of carbonyl (C=O) groups is 2. The van der Waals surface area contributed by atoms with Crippen LogP contribution in [-0.2, 0) is 14.3 Å². The third kappa shape index (κ3) is 7.74. The zero-order valence-electron chi connectivity index (χ0n) is 22.8. The molecule has 1 aliphatic heterocycles. The molecule has 1 saturated heterocycles. The maximum Gasteiger partial charge on any atom is 0.242 e. The molecule has 1 aliphatic rings. The second-order valence-corrected chi connectivity index (χ2v) is 10.6. The SMILES string of the molecule is CC(=O)Nc1cccc(-c2ccc(C(CN3CCOCC3)N(C)C(=O)CN(CN)c3ccc(Cl)c(Cl)c3)cc2)c1. The van der Waals surface area contributed by atoms with E-state index in [2.05, 4.69) is 34.5 Å². The Morgan fingerprint density at radius 3 is 2.38 bits per heavy atom. The molecule has 3 N–H and O–H groups in total. The summed E-state index contributed by atoms with van der Waals surface area (Å²) in [5.41, 5.74) is 10.5. The molecule has 0 saturated carbocycles. The second kappa shape index (κ2) is 14.0. The lowest BCUT2D eigenvalue weighted by Gasteiger charge is -2.36. The number of benzene rings is 3. The van der Waals surface area contributed by atoms with Crippen LogP contribution >= 0.6 is 23.2 Å². The van der Waals surface area contributed by atoms with E-state index in [1.165, 1.54) is 6.92 Å². The number of amides is 2. The van der Waals surface area contributed by atoms with Crippen molar-refractivity contribution in [1.82, 2.24) is 9.80 Å². The van der Waals surface area contributed by atoms with Gasteiger partial charge in [0.05, 0.1) is 42.5 Å². The number of hydrogen-bond acceptors (Lipinski definition) is 6. The van der Waals surface area contributed by atoms with Crippen LogP contribution in [0.4, 0.5) is 11.4 Å². The van der Waals surface area contributed by atoms with Crippen LogP contribution < -0.4 is 16.0 Å². The average molecular weight is 585 g/mol. The predicted octanol–water partition coefficient (Wildman–Crippen LogP) is 4.87. The maximum atomic E-state index is 13.6. The van der Waals surface area contributed by atoms with Crippen molar-refractivity contribution in [3.05, 3.63) is 82.3 Å². The Hall–Kier alpha value is -3.14. The molecule has 0 spiro atoms. The summed E-state index contributed by atoms with van der Waals surface area (Å²) in [6, 6.07) is 21.0. The number of halogens is 2. The van der Waals surface area contributed by atoms with Crippen LogP contribution in [0, 0.1) is 0 Å². The summed E-state index contributed by atoms with van der Waals surface area (Å²) < 4.78 is 5.54. The number of ether oxygens (including phenoxy) is 1. The van der Waals surface area contributed by atoms with E-state index < -0.39 is 0 Å². The molecular formula is C30H35Cl2N5O3. The quantitative estimate of drug-likeness (QED) is 0.331. The number of anilines is 2. The first kappa shape index (κ1) is 29.8. The number of hydrogen-bond donors (Lipinski definition) is 2. The summed E-state index contributed by atoms with van der Waals surface area (Å²) in [5, 5.41) is 3.68. The summed E-state index contributed by atoms with van der Waals surface area (Å²) >= 11 is 12.3. The molecule has 4 rings (SSSR count). The van der Waals surface area contributed by atoms with Crippen molar-refractivity contribution < 1.29 is 14.3 Å². The molecule has 2 amide bonds. The largest absolute Gasteiger partial charge is 0.379 e. The van der Waals surface area contributed by atoms with E-state index in [0.29, 0.717) is 29.8 Å². The van der Waals surface area contributed by atoms with Crippen molar-refractivity contribution in [2.45, 2.75) is 13.0 Å². The van der Waals surface area contributed by atoms with E-state index in [1.807, 2.05) is 31.3 Å². The first-order chi connectivity index (χ1) is 19.2. The fourth-order valence-electron chi connectivity index (χ4n) is 4.75. The van der Waals surface area contributed by atoms with Gasteiger partial charge in [0.1, 0.15) is 0 Å². The standard InChI is InChI=1S/C30H35Cl2N5O3/c1-21(38)34-25-5-3-4-24(16-25)22-6-8-23(9-7-22)29(18-36-12-14-40-15-13-36)35(2)30(39)19-37(20-33)26-10-11-27(31)28(32)17-26/h3-11,16-17,29H,12-15,18-20,33H2,1-2H3,(H,34,38). The molecule has 3 aromatic carbocycles. The summed E-state index contributed by atoms with van der Waals surface area (Å²) in [6.45, 7) is 5.38. The molecule has 212 valence electrons. The Balaban J connectivity index is 1.56. The van der Waals surface area contributed by atoms with Crippen LogP contribution in [-0.4, -0.2) is 74.7 Å². The number of nitrogens with two attached hydrogens (primary N) is 1. The third-order valence-corrected chi connectivity index (χ3v) is 7.76. The minimum atomic E-state index is -0.182. The van der Waals surface area contributed by atoms with Gasteiger partial charge in [-0.25, -0.2) is 0 Å². The molecular weight excluding hydrogens is 549 g/mol. The molecule has 0 radical (unpaired) electrons. The molecule has 1 fully saturated rings. The van der Waals surface area contributed by atoms with Crippen molar-refractivity contribution >= 4 is 46.4 Å². The molecule has 1 unspecified atom stereocenters. The molecule has 10 heteroatoms.